The van der Waals surface area contributed by atoms with Gasteiger partial charge in [-0.15, -0.1) is 0 Å². The quantitative estimate of drug-likeness (QED) is 0.413. The van der Waals surface area contributed by atoms with Crippen LogP contribution in [0.5, 0.6) is 5.75 Å². The zero-order valence-corrected chi connectivity index (χ0v) is 18.6. The molecule has 33 heavy (non-hydrogen) atoms. The molecule has 0 aliphatic carbocycles. The molecule has 0 saturated heterocycles. The van der Waals surface area contributed by atoms with Crippen LogP contribution < -0.4 is 10.5 Å². The third kappa shape index (κ3) is 8.40. The number of carboxylic acids is 2. The van der Waals surface area contributed by atoms with E-state index < -0.39 is 11.9 Å². The summed E-state index contributed by atoms with van der Waals surface area (Å²) in [5, 5.41) is 14.8. The monoisotopic (exact) mass is 456 g/mol. The molecule has 4 N–H and O–H groups in total. The molecule has 0 spiro atoms. The van der Waals surface area contributed by atoms with Gasteiger partial charge < -0.3 is 29.8 Å². The van der Waals surface area contributed by atoms with Crippen LogP contribution in [0.4, 0.5) is 0 Å². The Morgan fingerprint density at radius 2 is 1.70 bits per heavy atom. The minimum atomic E-state index is -1.82. The lowest BCUT2D eigenvalue weighted by Gasteiger charge is -2.15. The van der Waals surface area contributed by atoms with Gasteiger partial charge in [0.15, 0.2) is 0 Å². The highest BCUT2D eigenvalue weighted by molar-refractivity contribution is 6.27. The van der Waals surface area contributed by atoms with Gasteiger partial charge in [-0.3, -0.25) is 0 Å². The Bertz CT molecular complexity index is 1010. The second-order valence-electron chi connectivity index (χ2n) is 6.95. The number of aromatic nitrogens is 1. The van der Waals surface area contributed by atoms with Crippen LogP contribution in [0, 0.1) is 6.92 Å². The first-order valence-corrected chi connectivity index (χ1v) is 10.3. The number of rotatable bonds is 9. The Kier molecular flexibility index (Phi) is 10.1. The maximum Gasteiger partial charge on any atom is 0.414 e. The van der Waals surface area contributed by atoms with Gasteiger partial charge in [0.2, 0.25) is 5.89 Å². The van der Waals surface area contributed by atoms with Crippen molar-refractivity contribution in [2.24, 2.45) is 5.73 Å². The largest absolute Gasteiger partial charge is 0.487 e. The fraction of sp³-hybridized carbons (Fsp3) is 0.292. The molecule has 0 saturated carbocycles. The number of carboxylic acid groups (broad SMARTS) is 2. The van der Waals surface area contributed by atoms with Gasteiger partial charge in [0.1, 0.15) is 23.8 Å². The van der Waals surface area contributed by atoms with Crippen LogP contribution in [0.1, 0.15) is 23.9 Å². The van der Waals surface area contributed by atoms with Gasteiger partial charge in [0.05, 0.1) is 6.10 Å². The number of aliphatic carboxylic acids is 2. The zero-order valence-electron chi connectivity index (χ0n) is 18.6. The minimum absolute atomic E-state index is 0.0518. The average molecular weight is 456 g/mol. The summed E-state index contributed by atoms with van der Waals surface area (Å²) in [5.74, 6) is -1.47. The van der Waals surface area contributed by atoms with E-state index >= 15 is 0 Å². The highest BCUT2D eigenvalue weighted by atomic mass is 16.5. The molecule has 0 fully saturated rings. The summed E-state index contributed by atoms with van der Waals surface area (Å²) >= 11 is 0. The molecule has 0 radical (unpaired) electrons. The second-order valence-corrected chi connectivity index (χ2v) is 6.95. The normalized spacial score (nSPS) is 11.2. The van der Waals surface area contributed by atoms with Gasteiger partial charge in [-0.25, -0.2) is 14.6 Å². The Morgan fingerprint density at radius 1 is 1.06 bits per heavy atom. The van der Waals surface area contributed by atoms with Crippen LogP contribution in [0.3, 0.4) is 0 Å². The van der Waals surface area contributed by atoms with Crippen LogP contribution >= 0.6 is 0 Å². The summed E-state index contributed by atoms with van der Waals surface area (Å²) in [6.45, 7) is 5.44. The predicted octanol–water partition coefficient (Wildman–Crippen LogP) is 3.29. The van der Waals surface area contributed by atoms with Gasteiger partial charge in [0, 0.05) is 18.7 Å². The number of aryl methyl sites for hydroxylation is 1. The van der Waals surface area contributed by atoms with Crippen molar-refractivity contribution in [3.63, 3.8) is 0 Å². The van der Waals surface area contributed by atoms with Crippen molar-refractivity contribution >= 4 is 11.9 Å². The smallest absolute Gasteiger partial charge is 0.414 e. The van der Waals surface area contributed by atoms with E-state index in [-0.39, 0.29) is 6.10 Å². The first kappa shape index (κ1) is 25.6. The van der Waals surface area contributed by atoms with Gasteiger partial charge in [-0.1, -0.05) is 30.3 Å². The van der Waals surface area contributed by atoms with Crippen molar-refractivity contribution in [1.29, 1.82) is 0 Å². The lowest BCUT2D eigenvalue weighted by Crippen LogP contribution is -2.26. The lowest BCUT2D eigenvalue weighted by atomic mass is 10.1. The molecule has 0 amide bonds. The van der Waals surface area contributed by atoms with E-state index in [1.54, 1.807) is 0 Å². The average Bonchev–Trinajstić information content (AvgIpc) is 3.19. The zero-order chi connectivity index (χ0) is 24.2. The summed E-state index contributed by atoms with van der Waals surface area (Å²) in [6.07, 6.45) is 0.851. The summed E-state index contributed by atoms with van der Waals surface area (Å²) in [4.78, 5) is 22.8. The molecule has 2 aromatic carbocycles. The van der Waals surface area contributed by atoms with E-state index in [1.807, 2.05) is 68.4 Å². The predicted molar refractivity (Wildman–Crippen MR) is 121 cm³/mol. The van der Waals surface area contributed by atoms with E-state index in [0.29, 0.717) is 25.6 Å². The number of nitrogens with two attached hydrogens (primary N) is 1. The molecule has 176 valence electrons. The van der Waals surface area contributed by atoms with Crippen molar-refractivity contribution in [3.05, 3.63) is 71.6 Å². The van der Waals surface area contributed by atoms with Crippen LogP contribution in [-0.2, 0) is 27.4 Å². The summed E-state index contributed by atoms with van der Waals surface area (Å²) < 4.78 is 17.3. The summed E-state index contributed by atoms with van der Waals surface area (Å²) in [7, 11) is 0. The molecule has 0 bridgehead atoms. The number of hydrogen-bond donors (Lipinski definition) is 3. The van der Waals surface area contributed by atoms with Gasteiger partial charge in [-0.05, 0) is 50.1 Å². The third-order valence-corrected chi connectivity index (χ3v) is 4.52. The highest BCUT2D eigenvalue weighted by Crippen LogP contribution is 2.23. The SMILES string of the molecule is CCO[C@H](CN)Cc1ccc(OCc2nc(-c3ccccc3)oc2C)cc1.O=C(O)C(=O)O. The molecule has 1 heterocycles. The van der Waals surface area contributed by atoms with Gasteiger partial charge in [-0.2, -0.15) is 0 Å². The Labute approximate surface area is 191 Å². The van der Waals surface area contributed by atoms with Crippen LogP contribution in [0.25, 0.3) is 11.5 Å². The van der Waals surface area contributed by atoms with Gasteiger partial charge >= 0.3 is 11.9 Å². The molecular formula is C24H28N2O7. The van der Waals surface area contributed by atoms with Crippen molar-refractivity contribution in [2.45, 2.75) is 33.0 Å². The number of hydrogen-bond acceptors (Lipinski definition) is 7. The van der Waals surface area contributed by atoms with Crippen molar-refractivity contribution in [1.82, 2.24) is 4.98 Å². The molecule has 3 rings (SSSR count). The maximum atomic E-state index is 9.10. The fourth-order valence-electron chi connectivity index (χ4n) is 2.85. The number of carbonyl (C=O) groups is 2. The summed E-state index contributed by atoms with van der Waals surface area (Å²) in [6, 6.07) is 17.9. The molecule has 0 unspecified atom stereocenters. The van der Waals surface area contributed by atoms with E-state index in [9.17, 15) is 0 Å². The molecule has 1 aromatic heterocycles. The number of nitrogens with zero attached hydrogens (tertiary/aromatic N) is 1. The molecular weight excluding hydrogens is 428 g/mol. The highest BCUT2D eigenvalue weighted by Gasteiger charge is 2.12. The Morgan fingerprint density at radius 3 is 2.24 bits per heavy atom. The second kappa shape index (κ2) is 13.0. The lowest BCUT2D eigenvalue weighted by molar-refractivity contribution is -0.159. The summed E-state index contributed by atoms with van der Waals surface area (Å²) in [5.41, 5.74) is 8.68. The van der Waals surface area contributed by atoms with Crippen molar-refractivity contribution < 1.29 is 33.7 Å². The van der Waals surface area contributed by atoms with E-state index in [4.69, 9.17) is 39.4 Å². The number of benzene rings is 2. The van der Waals surface area contributed by atoms with Crippen LogP contribution in [0.15, 0.2) is 59.0 Å². The van der Waals surface area contributed by atoms with E-state index in [0.717, 1.165) is 29.2 Å². The molecule has 3 aromatic rings. The molecule has 0 aliphatic heterocycles. The minimum Gasteiger partial charge on any atom is -0.487 e. The molecule has 9 nitrogen and oxygen atoms in total. The first-order chi connectivity index (χ1) is 15.8. The van der Waals surface area contributed by atoms with Crippen LogP contribution in [-0.4, -0.2) is 46.4 Å². The van der Waals surface area contributed by atoms with E-state index in [2.05, 4.69) is 4.98 Å². The van der Waals surface area contributed by atoms with Crippen LogP contribution in [0.2, 0.25) is 0 Å². The maximum absolute atomic E-state index is 9.10. The molecule has 1 atom stereocenters. The fourth-order valence-corrected chi connectivity index (χ4v) is 2.85. The topological polar surface area (TPSA) is 145 Å². The molecule has 0 aliphatic rings. The van der Waals surface area contributed by atoms with Crippen molar-refractivity contribution in [2.75, 3.05) is 13.2 Å². The number of ether oxygens (including phenoxy) is 2. The Balaban J connectivity index is 0.000000569. The first-order valence-electron chi connectivity index (χ1n) is 10.3. The van der Waals surface area contributed by atoms with Crippen molar-refractivity contribution in [3.8, 4) is 17.2 Å². The van der Waals surface area contributed by atoms with E-state index in [1.165, 1.54) is 5.56 Å². The molecule has 9 heteroatoms. The third-order valence-electron chi connectivity index (χ3n) is 4.52. The standard InChI is InChI=1S/C22H26N2O3.C2H2O4/c1-3-25-20(14-23)13-17-9-11-19(12-10-17)26-15-21-16(2)27-22(24-21)18-7-5-4-6-8-18;3-1(4)2(5)6/h4-12,20H,3,13-15,23H2,1-2H3;(H,3,4)(H,5,6)/t20-;/m0./s1. The number of oxazole rings is 1. The Hall–Kier alpha value is -3.69. The van der Waals surface area contributed by atoms with Gasteiger partial charge in [0.25, 0.3) is 0 Å².